The van der Waals surface area contributed by atoms with E-state index in [0.717, 1.165) is 36.3 Å². The van der Waals surface area contributed by atoms with Crippen LogP contribution in [0.2, 0.25) is 0 Å². The maximum absolute atomic E-state index is 13.2. The second kappa shape index (κ2) is 6.37. The Kier molecular flexibility index (Phi) is 4.29. The lowest BCUT2D eigenvalue weighted by atomic mass is 10.1. The number of alkyl halides is 3. The molecule has 2 aromatic heterocycles. The van der Waals surface area contributed by atoms with E-state index in [1.54, 1.807) is 6.92 Å². The number of aryl methyl sites for hydroxylation is 1. The largest absolute Gasteiger partial charge is 0.453 e. The summed E-state index contributed by atoms with van der Waals surface area (Å²) >= 11 is 0. The molecule has 1 aliphatic carbocycles. The van der Waals surface area contributed by atoms with Crippen molar-refractivity contribution in [1.29, 1.82) is 0 Å². The molecule has 0 spiro atoms. The van der Waals surface area contributed by atoms with Gasteiger partial charge in [0.25, 0.3) is 5.82 Å². The number of rotatable bonds is 2. The molecule has 2 fully saturated rings. The fraction of sp³-hybridized carbons (Fsp3) is 0.706. The normalized spacial score (nSPS) is 20.4. The molecule has 0 atom stereocenters. The van der Waals surface area contributed by atoms with Gasteiger partial charge in [-0.05, 0) is 26.7 Å². The molecule has 0 amide bonds. The third kappa shape index (κ3) is 2.91. The first-order chi connectivity index (χ1) is 12.4. The minimum Gasteiger partial charge on any atom is -0.352 e. The van der Waals surface area contributed by atoms with E-state index >= 15 is 0 Å². The molecular formula is C17H23F3N6. The van der Waals surface area contributed by atoms with E-state index in [-0.39, 0.29) is 5.65 Å². The lowest BCUT2D eigenvalue weighted by Gasteiger charge is -2.39. The first kappa shape index (κ1) is 17.5. The molecular weight excluding hydrogens is 345 g/mol. The molecule has 9 heteroatoms. The van der Waals surface area contributed by atoms with Gasteiger partial charge in [0.2, 0.25) is 0 Å². The van der Waals surface area contributed by atoms with Crippen LogP contribution in [0, 0.1) is 13.8 Å². The lowest BCUT2D eigenvalue weighted by Crippen LogP contribution is -2.50. The smallest absolute Gasteiger partial charge is 0.352 e. The number of piperazine rings is 1. The van der Waals surface area contributed by atoms with E-state index in [0.29, 0.717) is 17.4 Å². The first-order valence-corrected chi connectivity index (χ1v) is 9.15. The highest BCUT2D eigenvalue weighted by molar-refractivity contribution is 5.59. The van der Waals surface area contributed by atoms with Crippen molar-refractivity contribution in [3.8, 4) is 0 Å². The van der Waals surface area contributed by atoms with Crippen LogP contribution in [0.25, 0.3) is 5.65 Å². The summed E-state index contributed by atoms with van der Waals surface area (Å²) in [5.74, 6) is -0.465. The summed E-state index contributed by atoms with van der Waals surface area (Å²) in [4.78, 5) is 4.61. The summed E-state index contributed by atoms with van der Waals surface area (Å²) in [6, 6.07) is 0.671. The van der Waals surface area contributed by atoms with Gasteiger partial charge in [0.1, 0.15) is 0 Å². The molecule has 4 rings (SSSR count). The maximum atomic E-state index is 13.2. The second-order valence-corrected chi connectivity index (χ2v) is 7.29. The Hall–Kier alpha value is -1.90. The van der Waals surface area contributed by atoms with Crippen molar-refractivity contribution in [3.63, 3.8) is 0 Å². The van der Waals surface area contributed by atoms with Crippen LogP contribution in [0.3, 0.4) is 0 Å². The van der Waals surface area contributed by atoms with Crippen LogP contribution >= 0.6 is 0 Å². The number of hydrogen-bond acceptors (Lipinski definition) is 5. The van der Waals surface area contributed by atoms with Crippen molar-refractivity contribution < 1.29 is 13.2 Å². The van der Waals surface area contributed by atoms with Crippen molar-refractivity contribution in [2.45, 2.75) is 51.7 Å². The zero-order valence-corrected chi connectivity index (χ0v) is 15.1. The number of hydrogen-bond donors (Lipinski definition) is 0. The highest BCUT2D eigenvalue weighted by atomic mass is 19.4. The Morgan fingerprint density at radius 2 is 1.58 bits per heavy atom. The molecule has 6 nitrogen and oxygen atoms in total. The highest BCUT2D eigenvalue weighted by Crippen LogP contribution is 2.31. The molecule has 0 radical (unpaired) electrons. The zero-order chi connectivity index (χ0) is 18.5. The first-order valence-electron chi connectivity index (χ1n) is 9.15. The van der Waals surface area contributed by atoms with Gasteiger partial charge in [-0.15, -0.1) is 15.3 Å². The van der Waals surface area contributed by atoms with Gasteiger partial charge in [-0.3, -0.25) is 4.90 Å². The van der Waals surface area contributed by atoms with Gasteiger partial charge < -0.3 is 4.90 Å². The van der Waals surface area contributed by atoms with Crippen LogP contribution in [-0.2, 0) is 6.18 Å². The molecule has 2 aromatic rings. The summed E-state index contributed by atoms with van der Waals surface area (Å²) in [6.45, 7) is 7.08. The lowest BCUT2D eigenvalue weighted by molar-refractivity contribution is -0.146. The maximum Gasteiger partial charge on any atom is 0.453 e. The van der Waals surface area contributed by atoms with E-state index in [2.05, 4.69) is 25.1 Å². The van der Waals surface area contributed by atoms with E-state index in [4.69, 9.17) is 0 Å². The van der Waals surface area contributed by atoms with E-state index in [1.165, 1.54) is 25.7 Å². The van der Waals surface area contributed by atoms with Gasteiger partial charge >= 0.3 is 6.18 Å². The van der Waals surface area contributed by atoms with Gasteiger partial charge in [0.05, 0.1) is 0 Å². The average Bonchev–Trinajstić information content (AvgIpc) is 3.27. The predicted octanol–water partition coefficient (Wildman–Crippen LogP) is 2.82. The molecule has 3 heterocycles. The summed E-state index contributed by atoms with van der Waals surface area (Å²) in [5, 5.41) is 11.3. The Morgan fingerprint density at radius 3 is 2.19 bits per heavy atom. The molecule has 2 aliphatic rings. The van der Waals surface area contributed by atoms with Crippen LogP contribution in [0.1, 0.15) is 42.6 Å². The van der Waals surface area contributed by atoms with E-state index in [1.807, 2.05) is 6.92 Å². The molecule has 1 aliphatic heterocycles. The predicted molar refractivity (Wildman–Crippen MR) is 91.3 cm³/mol. The fourth-order valence-corrected chi connectivity index (χ4v) is 4.16. The van der Waals surface area contributed by atoms with Gasteiger partial charge in [-0.25, -0.2) is 0 Å². The fourth-order valence-electron chi connectivity index (χ4n) is 4.16. The van der Waals surface area contributed by atoms with E-state index in [9.17, 15) is 13.2 Å². The van der Waals surface area contributed by atoms with Gasteiger partial charge in [-0.1, -0.05) is 12.8 Å². The average molecular weight is 368 g/mol. The Labute approximate surface area is 150 Å². The van der Waals surface area contributed by atoms with Crippen molar-refractivity contribution in [2.75, 3.05) is 31.1 Å². The monoisotopic (exact) mass is 368 g/mol. The molecule has 0 bridgehead atoms. The number of halogens is 3. The third-order valence-electron chi connectivity index (χ3n) is 5.78. The van der Waals surface area contributed by atoms with Crippen molar-refractivity contribution in [3.05, 3.63) is 17.0 Å². The minimum absolute atomic E-state index is 0.170. The third-order valence-corrected chi connectivity index (χ3v) is 5.78. The standard InChI is InChI=1S/C17H23F3N6/c1-11-12(2)15(23-26-14(11)21-22-16(26)17(18,19)20)25-9-7-24(8-10-25)13-5-3-4-6-13/h13H,3-10H2,1-2H3. The zero-order valence-electron chi connectivity index (χ0n) is 15.1. The molecule has 1 saturated carbocycles. The Balaban J connectivity index is 1.63. The van der Waals surface area contributed by atoms with Gasteiger partial charge in [0.15, 0.2) is 11.5 Å². The molecule has 0 unspecified atom stereocenters. The summed E-state index contributed by atoms with van der Waals surface area (Å²) in [6.07, 6.45) is 0.549. The highest BCUT2D eigenvalue weighted by Gasteiger charge is 2.38. The van der Waals surface area contributed by atoms with Gasteiger partial charge in [-0.2, -0.15) is 17.7 Å². The van der Waals surface area contributed by atoms with Crippen molar-refractivity contribution in [1.82, 2.24) is 24.7 Å². The topological polar surface area (TPSA) is 49.6 Å². The number of anilines is 1. The van der Waals surface area contributed by atoms with Crippen LogP contribution in [0.5, 0.6) is 0 Å². The summed E-state index contributed by atoms with van der Waals surface area (Å²) < 4.78 is 40.4. The Bertz CT molecular complexity index is 801. The Morgan fingerprint density at radius 1 is 0.923 bits per heavy atom. The van der Waals surface area contributed by atoms with Crippen LogP contribution < -0.4 is 4.90 Å². The number of nitrogens with zero attached hydrogens (tertiary/aromatic N) is 6. The van der Waals surface area contributed by atoms with Crippen molar-refractivity contribution >= 4 is 11.5 Å². The number of fused-ring (bicyclic) bond motifs is 1. The molecule has 1 saturated heterocycles. The SMILES string of the molecule is Cc1c(N2CCN(C3CCCC3)CC2)nn2c(C(F)(F)F)nnc2c1C. The van der Waals surface area contributed by atoms with E-state index < -0.39 is 12.0 Å². The molecule has 142 valence electrons. The van der Waals surface area contributed by atoms with Crippen LogP contribution in [-0.4, -0.2) is 56.9 Å². The molecule has 26 heavy (non-hydrogen) atoms. The molecule has 0 aromatic carbocycles. The minimum atomic E-state index is -4.58. The number of aromatic nitrogens is 4. The summed E-state index contributed by atoms with van der Waals surface area (Å²) in [5.41, 5.74) is 1.73. The van der Waals surface area contributed by atoms with Gasteiger partial charge in [0, 0.05) is 43.3 Å². The second-order valence-electron chi connectivity index (χ2n) is 7.29. The van der Waals surface area contributed by atoms with Crippen LogP contribution in [0.15, 0.2) is 0 Å². The van der Waals surface area contributed by atoms with Crippen LogP contribution in [0.4, 0.5) is 19.0 Å². The quantitative estimate of drug-likeness (QED) is 0.816. The summed E-state index contributed by atoms with van der Waals surface area (Å²) in [7, 11) is 0. The molecule has 0 N–H and O–H groups in total. The van der Waals surface area contributed by atoms with Crippen molar-refractivity contribution in [2.24, 2.45) is 0 Å².